The Kier molecular flexibility index (Phi) is 8.01. The normalized spacial score (nSPS) is 15.5. The molecular weight excluding hydrogens is 512 g/mol. The van der Waals surface area contributed by atoms with Gasteiger partial charge in [-0.05, 0) is 47.4 Å². The van der Waals surface area contributed by atoms with Gasteiger partial charge in [0.1, 0.15) is 6.04 Å². The standard InChI is InChI=1S/C22H26N4O8S2/c1-14(27)24-35(30,31)19-8-3-15(4-9-19)5-10-21(28)26-13-17-11-18(25-36(32,33)34)7-6-16(17)12-20(26)22(29)23-2/h3-4,6-9,11,20,25H,5,10,12-13H2,1-2H3,(H,23,29)(H,24,27)(H,32,33,34)/t20-/m0/s1. The van der Waals surface area contributed by atoms with Crippen LogP contribution in [0.5, 0.6) is 0 Å². The summed E-state index contributed by atoms with van der Waals surface area (Å²) >= 11 is 0. The summed E-state index contributed by atoms with van der Waals surface area (Å²) in [5, 5.41) is 2.56. The fraction of sp³-hybridized carbons (Fsp3) is 0.318. The smallest absolute Gasteiger partial charge is 0.357 e. The third kappa shape index (κ3) is 6.80. The first-order valence-electron chi connectivity index (χ1n) is 10.8. The Hall–Kier alpha value is -3.49. The van der Waals surface area contributed by atoms with Crippen LogP contribution in [0.15, 0.2) is 47.4 Å². The number of nitrogens with zero attached hydrogens (tertiary/aromatic N) is 1. The Morgan fingerprint density at radius 3 is 2.28 bits per heavy atom. The molecule has 4 N–H and O–H groups in total. The number of carbonyl (C=O) groups is 3. The Labute approximate surface area is 209 Å². The van der Waals surface area contributed by atoms with Crippen molar-refractivity contribution in [3.05, 3.63) is 59.2 Å². The molecule has 2 aromatic rings. The molecule has 3 rings (SSSR count). The van der Waals surface area contributed by atoms with Crippen molar-refractivity contribution in [1.82, 2.24) is 14.9 Å². The largest absolute Gasteiger partial charge is 0.357 e. The van der Waals surface area contributed by atoms with Crippen molar-refractivity contribution in [3.63, 3.8) is 0 Å². The van der Waals surface area contributed by atoms with Crippen LogP contribution in [0.4, 0.5) is 5.69 Å². The second-order valence-electron chi connectivity index (χ2n) is 8.22. The summed E-state index contributed by atoms with van der Waals surface area (Å²) < 4.78 is 59.3. The van der Waals surface area contributed by atoms with E-state index in [0.29, 0.717) is 11.1 Å². The first-order chi connectivity index (χ1) is 16.8. The minimum atomic E-state index is -4.47. The highest BCUT2D eigenvalue weighted by molar-refractivity contribution is 7.90. The molecule has 3 amide bonds. The van der Waals surface area contributed by atoms with E-state index >= 15 is 0 Å². The molecular formula is C22H26N4O8S2. The van der Waals surface area contributed by atoms with E-state index in [1.807, 2.05) is 9.44 Å². The topological polar surface area (TPSA) is 179 Å². The third-order valence-corrected chi connectivity index (χ3v) is 7.53. The van der Waals surface area contributed by atoms with E-state index in [0.717, 1.165) is 12.5 Å². The number of fused-ring (bicyclic) bond motifs is 1. The minimum Gasteiger partial charge on any atom is -0.357 e. The summed E-state index contributed by atoms with van der Waals surface area (Å²) in [6, 6.07) is 9.57. The Morgan fingerprint density at radius 1 is 1.03 bits per heavy atom. The minimum absolute atomic E-state index is 0.0313. The molecule has 0 saturated carbocycles. The van der Waals surface area contributed by atoms with Crippen molar-refractivity contribution in [2.45, 2.75) is 43.7 Å². The number of rotatable bonds is 8. The third-order valence-electron chi connectivity index (χ3n) is 5.59. The lowest BCUT2D eigenvalue weighted by Crippen LogP contribution is -2.52. The summed E-state index contributed by atoms with van der Waals surface area (Å²) in [5.41, 5.74) is 2.20. The number of anilines is 1. The molecule has 36 heavy (non-hydrogen) atoms. The molecule has 14 heteroatoms. The number of benzene rings is 2. The summed E-state index contributed by atoms with van der Waals surface area (Å²) in [5.74, 6) is -1.38. The molecule has 0 aliphatic carbocycles. The molecule has 12 nitrogen and oxygen atoms in total. The van der Waals surface area contributed by atoms with E-state index in [4.69, 9.17) is 4.55 Å². The number of hydrogen-bond donors (Lipinski definition) is 4. The summed E-state index contributed by atoms with van der Waals surface area (Å²) in [6.45, 7) is 1.15. The van der Waals surface area contributed by atoms with Crippen LogP contribution in [-0.4, -0.2) is 57.1 Å². The second kappa shape index (κ2) is 10.6. The van der Waals surface area contributed by atoms with Crippen LogP contribution in [0.3, 0.4) is 0 Å². The van der Waals surface area contributed by atoms with Crippen LogP contribution in [-0.2, 0) is 54.1 Å². The van der Waals surface area contributed by atoms with Crippen LogP contribution < -0.4 is 14.8 Å². The Morgan fingerprint density at radius 2 is 1.69 bits per heavy atom. The average molecular weight is 539 g/mol. The molecule has 0 saturated heterocycles. The maximum absolute atomic E-state index is 13.1. The highest BCUT2D eigenvalue weighted by atomic mass is 32.2. The van der Waals surface area contributed by atoms with E-state index in [2.05, 4.69) is 5.32 Å². The highest BCUT2D eigenvalue weighted by Gasteiger charge is 2.34. The Balaban J connectivity index is 1.75. The molecule has 0 radical (unpaired) electrons. The van der Waals surface area contributed by atoms with E-state index in [-0.39, 0.29) is 48.2 Å². The zero-order valence-corrected chi connectivity index (χ0v) is 21.1. The van der Waals surface area contributed by atoms with E-state index in [9.17, 15) is 31.2 Å². The molecule has 2 aromatic carbocycles. The van der Waals surface area contributed by atoms with Gasteiger partial charge in [-0.1, -0.05) is 18.2 Å². The van der Waals surface area contributed by atoms with Gasteiger partial charge in [0.15, 0.2) is 0 Å². The quantitative estimate of drug-likeness (QED) is 0.348. The van der Waals surface area contributed by atoms with Crippen LogP contribution >= 0.6 is 0 Å². The van der Waals surface area contributed by atoms with Gasteiger partial charge in [-0.2, -0.15) is 8.42 Å². The van der Waals surface area contributed by atoms with Crippen LogP contribution in [0.25, 0.3) is 0 Å². The second-order valence-corrected chi connectivity index (χ2v) is 11.1. The van der Waals surface area contributed by atoms with Gasteiger partial charge >= 0.3 is 10.3 Å². The van der Waals surface area contributed by atoms with Crippen molar-refractivity contribution in [1.29, 1.82) is 0 Å². The van der Waals surface area contributed by atoms with Crippen molar-refractivity contribution in [3.8, 4) is 0 Å². The number of hydrogen-bond acceptors (Lipinski definition) is 7. The summed E-state index contributed by atoms with van der Waals surface area (Å²) in [4.78, 5) is 38.0. The molecule has 0 bridgehead atoms. The first kappa shape index (κ1) is 27.1. The van der Waals surface area contributed by atoms with Gasteiger partial charge < -0.3 is 10.2 Å². The molecule has 1 aliphatic heterocycles. The van der Waals surface area contributed by atoms with Crippen molar-refractivity contribution < 1.29 is 35.8 Å². The first-order valence-corrected chi connectivity index (χ1v) is 13.7. The zero-order chi connectivity index (χ0) is 26.7. The lowest BCUT2D eigenvalue weighted by molar-refractivity contribution is -0.141. The fourth-order valence-corrected chi connectivity index (χ4v) is 5.35. The van der Waals surface area contributed by atoms with Gasteiger partial charge in [-0.15, -0.1) is 0 Å². The molecule has 1 heterocycles. The Bertz CT molecular complexity index is 1390. The van der Waals surface area contributed by atoms with Crippen LogP contribution in [0.1, 0.15) is 30.0 Å². The number of sulfonamides is 1. The maximum Gasteiger partial charge on any atom is 0.357 e. The maximum atomic E-state index is 13.1. The summed E-state index contributed by atoms with van der Waals surface area (Å²) in [6.07, 6.45) is 0.527. The lowest BCUT2D eigenvalue weighted by Gasteiger charge is -2.36. The molecule has 1 aliphatic rings. The number of carbonyl (C=O) groups excluding carboxylic acids is 3. The fourth-order valence-electron chi connectivity index (χ4n) is 3.94. The van der Waals surface area contributed by atoms with Gasteiger partial charge in [0.25, 0.3) is 10.0 Å². The lowest BCUT2D eigenvalue weighted by atomic mass is 9.92. The number of nitrogens with one attached hydrogen (secondary N) is 3. The monoisotopic (exact) mass is 538 g/mol. The average Bonchev–Trinajstić information content (AvgIpc) is 2.79. The van der Waals surface area contributed by atoms with Gasteiger partial charge in [-0.25, -0.2) is 13.1 Å². The number of likely N-dealkylation sites (N-methyl/N-ethyl adjacent to an activating group) is 1. The predicted molar refractivity (Wildman–Crippen MR) is 129 cm³/mol. The molecule has 0 fully saturated rings. The molecule has 0 spiro atoms. The predicted octanol–water partition coefficient (Wildman–Crippen LogP) is 0.358. The molecule has 1 atom stereocenters. The highest BCUT2D eigenvalue weighted by Crippen LogP contribution is 2.27. The zero-order valence-electron chi connectivity index (χ0n) is 19.5. The summed E-state index contributed by atoms with van der Waals surface area (Å²) in [7, 11) is -6.97. The van der Waals surface area contributed by atoms with Crippen molar-refractivity contribution in [2.75, 3.05) is 11.8 Å². The molecule has 0 aromatic heterocycles. The SMILES string of the molecule is CNC(=O)[C@@H]1Cc2ccc(NS(=O)(=O)O)cc2CN1C(=O)CCc1ccc(S(=O)(=O)NC(C)=O)cc1. The van der Waals surface area contributed by atoms with Gasteiger partial charge in [0.2, 0.25) is 17.7 Å². The number of amides is 3. The number of aryl methyl sites for hydroxylation is 1. The van der Waals surface area contributed by atoms with Crippen molar-refractivity contribution in [2.24, 2.45) is 0 Å². The molecule has 0 unspecified atom stereocenters. The van der Waals surface area contributed by atoms with Gasteiger partial charge in [0.05, 0.1) is 10.6 Å². The molecule has 194 valence electrons. The van der Waals surface area contributed by atoms with E-state index in [1.165, 1.54) is 48.3 Å². The van der Waals surface area contributed by atoms with E-state index < -0.39 is 32.3 Å². The van der Waals surface area contributed by atoms with Gasteiger partial charge in [-0.3, -0.25) is 23.7 Å². The van der Waals surface area contributed by atoms with Crippen molar-refractivity contribution >= 4 is 43.7 Å². The van der Waals surface area contributed by atoms with E-state index in [1.54, 1.807) is 6.07 Å². The van der Waals surface area contributed by atoms with Gasteiger partial charge in [0, 0.05) is 33.4 Å². The van der Waals surface area contributed by atoms with Crippen LogP contribution in [0, 0.1) is 0 Å². The van der Waals surface area contributed by atoms with Crippen LogP contribution in [0.2, 0.25) is 0 Å².